The van der Waals surface area contributed by atoms with Crippen LogP contribution in [0, 0.1) is 0 Å². The highest BCUT2D eigenvalue weighted by Gasteiger charge is 2.26. The molecule has 0 unspecified atom stereocenters. The van der Waals surface area contributed by atoms with Crippen molar-refractivity contribution < 1.29 is 23.8 Å². The summed E-state index contributed by atoms with van der Waals surface area (Å²) in [6, 6.07) is 17.1. The predicted molar refractivity (Wildman–Crippen MR) is 120 cm³/mol. The molecular weight excluding hydrogens is 412 g/mol. The number of anilines is 4. The number of aromatic nitrogens is 1. The van der Waals surface area contributed by atoms with Crippen LogP contribution >= 0.6 is 0 Å². The fourth-order valence-electron chi connectivity index (χ4n) is 3.21. The second kappa shape index (κ2) is 9.25. The van der Waals surface area contributed by atoms with Crippen LogP contribution in [-0.2, 0) is 4.74 Å². The minimum atomic E-state index is -0.404. The summed E-state index contributed by atoms with van der Waals surface area (Å²) in [4.78, 5) is 30.6. The van der Waals surface area contributed by atoms with Crippen LogP contribution in [0.4, 0.5) is 27.8 Å². The zero-order valence-electron chi connectivity index (χ0n) is 17.6. The molecule has 9 nitrogen and oxygen atoms in total. The average molecular weight is 434 g/mol. The summed E-state index contributed by atoms with van der Waals surface area (Å²) in [6.07, 6.45) is 0. The summed E-state index contributed by atoms with van der Waals surface area (Å²) in [5.74, 6) is 1.70. The number of rotatable bonds is 5. The minimum Gasteiger partial charge on any atom is -0.497 e. The van der Waals surface area contributed by atoms with Crippen LogP contribution < -0.4 is 25.0 Å². The zero-order valence-corrected chi connectivity index (χ0v) is 17.6. The van der Waals surface area contributed by atoms with E-state index in [2.05, 4.69) is 15.6 Å². The van der Waals surface area contributed by atoms with Gasteiger partial charge in [0.05, 0.1) is 26.3 Å². The molecule has 2 heterocycles. The number of esters is 1. The quantitative estimate of drug-likeness (QED) is 0.584. The van der Waals surface area contributed by atoms with E-state index in [4.69, 9.17) is 14.2 Å². The second-order valence-electron chi connectivity index (χ2n) is 6.87. The first-order valence-electron chi connectivity index (χ1n) is 9.89. The molecule has 2 aromatic carbocycles. The van der Waals surface area contributed by atoms with E-state index >= 15 is 0 Å². The molecule has 0 saturated heterocycles. The maximum absolute atomic E-state index is 12.9. The van der Waals surface area contributed by atoms with Crippen molar-refractivity contribution in [2.75, 3.05) is 42.9 Å². The topological polar surface area (TPSA) is 102 Å². The molecule has 0 fully saturated rings. The molecule has 4 rings (SSSR count). The van der Waals surface area contributed by atoms with Crippen LogP contribution in [0.25, 0.3) is 0 Å². The molecule has 2 N–H and O–H groups in total. The standard InChI is InChI=1S/C23H22N4O5/c1-30-18-5-3-4-17(14-18)25-23(29)27-12-13-32-19-10-11-20(26-21(19)27)24-16-8-6-15(7-9-16)22(28)31-2/h3-11,14H,12-13H2,1-2H3,(H,24,26)(H,25,29). The normalized spacial score (nSPS) is 12.2. The van der Waals surface area contributed by atoms with E-state index in [9.17, 15) is 9.59 Å². The number of hydrogen-bond donors (Lipinski definition) is 2. The molecule has 164 valence electrons. The van der Waals surface area contributed by atoms with Gasteiger partial charge in [-0.1, -0.05) is 6.07 Å². The molecule has 0 aliphatic carbocycles. The summed E-state index contributed by atoms with van der Waals surface area (Å²) in [5.41, 5.74) is 1.79. The third-order valence-corrected chi connectivity index (χ3v) is 4.81. The fraction of sp³-hybridized carbons (Fsp3) is 0.174. The number of nitrogens with zero attached hydrogens (tertiary/aromatic N) is 2. The zero-order chi connectivity index (χ0) is 22.5. The van der Waals surface area contributed by atoms with Gasteiger partial charge < -0.3 is 24.8 Å². The molecule has 1 aliphatic heterocycles. The molecule has 32 heavy (non-hydrogen) atoms. The van der Waals surface area contributed by atoms with Crippen molar-refractivity contribution in [3.63, 3.8) is 0 Å². The summed E-state index contributed by atoms with van der Waals surface area (Å²) in [5, 5.41) is 6.03. The van der Waals surface area contributed by atoms with Crippen molar-refractivity contribution in [3.05, 3.63) is 66.2 Å². The number of ether oxygens (including phenoxy) is 3. The molecule has 0 bridgehead atoms. The summed E-state index contributed by atoms with van der Waals surface area (Å²) >= 11 is 0. The number of carbonyl (C=O) groups excluding carboxylic acids is 2. The first kappa shape index (κ1) is 21.0. The van der Waals surface area contributed by atoms with Crippen LogP contribution in [0.15, 0.2) is 60.7 Å². The lowest BCUT2D eigenvalue weighted by atomic mass is 10.2. The molecule has 0 atom stereocenters. The van der Waals surface area contributed by atoms with E-state index in [0.717, 1.165) is 5.69 Å². The van der Waals surface area contributed by atoms with Crippen LogP contribution in [-0.4, -0.2) is 44.4 Å². The van der Waals surface area contributed by atoms with Gasteiger partial charge in [-0.15, -0.1) is 0 Å². The number of carbonyl (C=O) groups is 2. The Hall–Kier alpha value is -4.27. The SMILES string of the molecule is COC(=O)c1ccc(Nc2ccc3c(n2)N(C(=O)Nc2cccc(OC)c2)CCO3)cc1. The number of pyridine rings is 1. The van der Waals surface area contributed by atoms with Crippen LogP contribution in [0.5, 0.6) is 11.5 Å². The lowest BCUT2D eigenvalue weighted by Crippen LogP contribution is -2.41. The Labute approximate surface area is 184 Å². The lowest BCUT2D eigenvalue weighted by molar-refractivity contribution is 0.0600. The van der Waals surface area contributed by atoms with Crippen LogP contribution in [0.2, 0.25) is 0 Å². The van der Waals surface area contributed by atoms with Crippen molar-refractivity contribution in [1.82, 2.24) is 4.98 Å². The van der Waals surface area contributed by atoms with Gasteiger partial charge in [-0.2, -0.15) is 0 Å². The number of fused-ring (bicyclic) bond motifs is 1. The van der Waals surface area contributed by atoms with Gasteiger partial charge in [0.15, 0.2) is 11.6 Å². The van der Waals surface area contributed by atoms with Crippen LogP contribution in [0.1, 0.15) is 10.4 Å². The number of hydrogen-bond acceptors (Lipinski definition) is 7. The smallest absolute Gasteiger partial charge is 0.337 e. The van der Waals surface area contributed by atoms with Gasteiger partial charge in [0.25, 0.3) is 0 Å². The van der Waals surface area contributed by atoms with Crippen molar-refractivity contribution in [1.29, 1.82) is 0 Å². The number of nitrogens with one attached hydrogen (secondary N) is 2. The highest BCUT2D eigenvalue weighted by atomic mass is 16.5. The number of urea groups is 1. The van der Waals surface area contributed by atoms with Crippen LogP contribution in [0.3, 0.4) is 0 Å². The number of amides is 2. The Morgan fingerprint density at radius 1 is 1.03 bits per heavy atom. The molecular formula is C23H22N4O5. The van der Waals surface area contributed by atoms with E-state index in [-0.39, 0.29) is 6.03 Å². The lowest BCUT2D eigenvalue weighted by Gasteiger charge is -2.29. The van der Waals surface area contributed by atoms with Gasteiger partial charge in [0.2, 0.25) is 0 Å². The maximum Gasteiger partial charge on any atom is 0.337 e. The average Bonchev–Trinajstić information content (AvgIpc) is 2.83. The first-order valence-corrected chi connectivity index (χ1v) is 9.89. The largest absolute Gasteiger partial charge is 0.497 e. The molecule has 0 radical (unpaired) electrons. The third-order valence-electron chi connectivity index (χ3n) is 4.81. The van der Waals surface area contributed by atoms with Crippen molar-refractivity contribution in [3.8, 4) is 11.5 Å². The van der Waals surface area contributed by atoms with E-state index in [0.29, 0.717) is 47.5 Å². The first-order chi connectivity index (χ1) is 15.6. The Morgan fingerprint density at radius 3 is 2.59 bits per heavy atom. The van der Waals surface area contributed by atoms with Gasteiger partial charge in [-0.05, 0) is 48.5 Å². The van der Waals surface area contributed by atoms with Gasteiger partial charge in [0.1, 0.15) is 18.2 Å². The molecule has 3 aromatic rings. The van der Waals surface area contributed by atoms with Gasteiger partial charge >= 0.3 is 12.0 Å². The Balaban J connectivity index is 1.52. The van der Waals surface area contributed by atoms with E-state index in [1.807, 2.05) is 0 Å². The maximum atomic E-state index is 12.9. The van der Waals surface area contributed by atoms with Gasteiger partial charge in [-0.25, -0.2) is 14.6 Å². The summed E-state index contributed by atoms with van der Waals surface area (Å²) in [6.45, 7) is 0.717. The predicted octanol–water partition coefficient (Wildman–Crippen LogP) is 4.05. The van der Waals surface area contributed by atoms with Crippen molar-refractivity contribution in [2.45, 2.75) is 0 Å². The molecule has 1 aliphatic rings. The minimum absolute atomic E-state index is 0.324. The molecule has 9 heteroatoms. The number of benzene rings is 2. The molecule has 2 amide bonds. The van der Waals surface area contributed by atoms with Crippen molar-refractivity contribution in [2.24, 2.45) is 0 Å². The van der Waals surface area contributed by atoms with Gasteiger partial charge in [0, 0.05) is 17.4 Å². The molecule has 0 saturated carbocycles. The number of methoxy groups -OCH3 is 2. The summed E-state index contributed by atoms with van der Waals surface area (Å²) in [7, 11) is 2.91. The Kier molecular flexibility index (Phi) is 6.07. The van der Waals surface area contributed by atoms with E-state index in [1.165, 1.54) is 12.0 Å². The molecule has 1 aromatic heterocycles. The third kappa shape index (κ3) is 4.56. The second-order valence-corrected chi connectivity index (χ2v) is 6.87. The van der Waals surface area contributed by atoms with E-state index in [1.54, 1.807) is 67.8 Å². The molecule has 0 spiro atoms. The van der Waals surface area contributed by atoms with Gasteiger partial charge in [-0.3, -0.25) is 4.90 Å². The highest BCUT2D eigenvalue weighted by molar-refractivity contribution is 6.02. The monoisotopic (exact) mass is 434 g/mol. The Bertz CT molecular complexity index is 1130. The summed E-state index contributed by atoms with van der Waals surface area (Å²) < 4.78 is 15.6. The fourth-order valence-corrected chi connectivity index (χ4v) is 3.21. The highest BCUT2D eigenvalue weighted by Crippen LogP contribution is 2.32. The van der Waals surface area contributed by atoms with E-state index < -0.39 is 5.97 Å². The Morgan fingerprint density at radius 2 is 1.84 bits per heavy atom. The van der Waals surface area contributed by atoms with Crippen molar-refractivity contribution >= 4 is 35.0 Å².